The zero-order valence-electron chi connectivity index (χ0n) is 19.2. The SMILES string of the molecule is CN(C)CCCc1c(/C=C2\C(=O)Nc3ccc(S(=O)(=O)NCCO)cc32)[nH]c2c1CCCC2. The summed E-state index contributed by atoms with van der Waals surface area (Å²) in [6.45, 7) is 0.633. The number of hydrogen-bond donors (Lipinski definition) is 4. The number of fused-ring (bicyclic) bond motifs is 2. The summed E-state index contributed by atoms with van der Waals surface area (Å²) in [7, 11) is 0.354. The number of aryl methyl sites for hydroxylation is 1. The van der Waals surface area contributed by atoms with Crippen molar-refractivity contribution in [3.8, 4) is 0 Å². The fraction of sp³-hybridized carbons (Fsp3) is 0.458. The summed E-state index contributed by atoms with van der Waals surface area (Å²) in [6, 6.07) is 4.59. The van der Waals surface area contributed by atoms with Gasteiger partial charge in [0.05, 0.1) is 17.1 Å². The van der Waals surface area contributed by atoms with Crippen LogP contribution in [0, 0.1) is 0 Å². The van der Waals surface area contributed by atoms with Crippen LogP contribution in [0.3, 0.4) is 0 Å². The van der Waals surface area contributed by atoms with Gasteiger partial charge in [-0.05, 0) is 94.6 Å². The number of carbonyl (C=O) groups excluding carboxylic acids is 1. The number of anilines is 1. The first-order valence-electron chi connectivity index (χ1n) is 11.5. The quantitative estimate of drug-likeness (QED) is 0.418. The highest BCUT2D eigenvalue weighted by Crippen LogP contribution is 2.36. The van der Waals surface area contributed by atoms with Gasteiger partial charge in [-0.3, -0.25) is 4.79 Å². The van der Waals surface area contributed by atoms with Crippen LogP contribution in [0.5, 0.6) is 0 Å². The number of nitrogens with one attached hydrogen (secondary N) is 3. The maximum absolute atomic E-state index is 12.8. The van der Waals surface area contributed by atoms with Gasteiger partial charge in [-0.25, -0.2) is 13.1 Å². The minimum atomic E-state index is -3.78. The molecule has 33 heavy (non-hydrogen) atoms. The number of sulfonamides is 1. The first-order chi connectivity index (χ1) is 15.8. The van der Waals surface area contributed by atoms with Gasteiger partial charge in [-0.2, -0.15) is 0 Å². The van der Waals surface area contributed by atoms with E-state index in [9.17, 15) is 13.2 Å². The van der Waals surface area contributed by atoms with Crippen LogP contribution in [0.25, 0.3) is 11.6 Å². The molecule has 9 heteroatoms. The summed E-state index contributed by atoms with van der Waals surface area (Å²) in [6.07, 6.45) is 8.22. The van der Waals surface area contributed by atoms with Gasteiger partial charge in [0, 0.05) is 29.2 Å². The topological polar surface area (TPSA) is 115 Å². The van der Waals surface area contributed by atoms with Gasteiger partial charge in [0.25, 0.3) is 5.91 Å². The highest BCUT2D eigenvalue weighted by Gasteiger charge is 2.28. The summed E-state index contributed by atoms with van der Waals surface area (Å²) in [4.78, 5) is 18.6. The number of nitrogens with zero attached hydrogens (tertiary/aromatic N) is 1. The molecule has 1 amide bonds. The zero-order valence-corrected chi connectivity index (χ0v) is 20.0. The fourth-order valence-electron chi connectivity index (χ4n) is 4.64. The molecule has 178 valence electrons. The van der Waals surface area contributed by atoms with E-state index in [0.29, 0.717) is 16.8 Å². The Balaban J connectivity index is 1.72. The van der Waals surface area contributed by atoms with Crippen molar-refractivity contribution in [2.45, 2.75) is 43.4 Å². The lowest BCUT2D eigenvalue weighted by Gasteiger charge is -2.14. The smallest absolute Gasteiger partial charge is 0.256 e. The van der Waals surface area contributed by atoms with Crippen molar-refractivity contribution in [2.24, 2.45) is 0 Å². The average Bonchev–Trinajstić information content (AvgIpc) is 3.29. The molecule has 0 fully saturated rings. The number of aliphatic hydroxyl groups excluding tert-OH is 1. The Hall–Kier alpha value is -2.46. The van der Waals surface area contributed by atoms with E-state index >= 15 is 0 Å². The molecule has 4 N–H and O–H groups in total. The lowest BCUT2D eigenvalue weighted by molar-refractivity contribution is -0.110. The molecular formula is C24H32N4O4S. The van der Waals surface area contributed by atoms with Crippen molar-refractivity contribution < 1.29 is 18.3 Å². The largest absolute Gasteiger partial charge is 0.395 e. The van der Waals surface area contributed by atoms with Crippen molar-refractivity contribution in [2.75, 3.05) is 39.1 Å². The molecule has 0 saturated carbocycles. The first kappa shape index (κ1) is 23.7. The molecule has 1 aliphatic carbocycles. The van der Waals surface area contributed by atoms with E-state index in [-0.39, 0.29) is 24.0 Å². The van der Waals surface area contributed by atoms with E-state index in [1.807, 2.05) is 6.08 Å². The third-order valence-corrected chi connectivity index (χ3v) is 7.71. The van der Waals surface area contributed by atoms with Crippen LogP contribution in [0.1, 0.15) is 47.3 Å². The van der Waals surface area contributed by atoms with Gasteiger partial charge in [-0.15, -0.1) is 0 Å². The van der Waals surface area contributed by atoms with Crippen molar-refractivity contribution >= 4 is 33.3 Å². The van der Waals surface area contributed by atoms with Gasteiger partial charge in [0.2, 0.25) is 10.0 Å². The molecule has 1 aliphatic heterocycles. The molecule has 0 unspecified atom stereocenters. The summed E-state index contributed by atoms with van der Waals surface area (Å²) in [5, 5.41) is 11.8. The van der Waals surface area contributed by atoms with Gasteiger partial charge in [0.15, 0.2) is 0 Å². The fourth-order valence-corrected chi connectivity index (χ4v) is 5.69. The lowest BCUT2D eigenvalue weighted by Crippen LogP contribution is -2.26. The molecule has 8 nitrogen and oxygen atoms in total. The number of rotatable bonds is 9. The second-order valence-corrected chi connectivity index (χ2v) is 10.7. The number of amides is 1. The van der Waals surface area contributed by atoms with E-state index in [4.69, 9.17) is 5.11 Å². The van der Waals surface area contributed by atoms with Crippen LogP contribution in [-0.4, -0.2) is 63.1 Å². The van der Waals surface area contributed by atoms with Crippen molar-refractivity contribution in [3.05, 3.63) is 46.3 Å². The Morgan fingerprint density at radius 2 is 2.00 bits per heavy atom. The first-order valence-corrected chi connectivity index (χ1v) is 12.9. The maximum atomic E-state index is 12.8. The highest BCUT2D eigenvalue weighted by molar-refractivity contribution is 7.89. The van der Waals surface area contributed by atoms with Crippen molar-refractivity contribution in [1.29, 1.82) is 0 Å². The summed E-state index contributed by atoms with van der Waals surface area (Å²) < 4.78 is 27.4. The standard InChI is InChI=1S/C24H32N4O4S/c1-28(2)12-5-7-18-17-6-3-4-8-21(17)26-23(18)15-20-19-14-16(33(31,32)25-11-13-29)9-10-22(19)27-24(20)30/h9-10,14-15,25-26,29H,3-8,11-13H2,1-2H3,(H,27,30)/b20-15-. The summed E-state index contributed by atoms with van der Waals surface area (Å²) in [5.74, 6) is -0.241. The van der Waals surface area contributed by atoms with E-state index < -0.39 is 10.0 Å². The van der Waals surface area contributed by atoms with Gasteiger partial charge in [-0.1, -0.05) is 0 Å². The highest BCUT2D eigenvalue weighted by atomic mass is 32.2. The minimum absolute atomic E-state index is 0.0640. The predicted molar refractivity (Wildman–Crippen MR) is 130 cm³/mol. The van der Waals surface area contributed by atoms with E-state index in [2.05, 4.69) is 34.0 Å². The van der Waals surface area contributed by atoms with Crippen molar-refractivity contribution in [1.82, 2.24) is 14.6 Å². The van der Waals surface area contributed by atoms with Crippen molar-refractivity contribution in [3.63, 3.8) is 0 Å². The minimum Gasteiger partial charge on any atom is -0.395 e. The second-order valence-electron chi connectivity index (χ2n) is 8.93. The molecule has 0 spiro atoms. The molecule has 0 radical (unpaired) electrons. The van der Waals surface area contributed by atoms with Crippen LogP contribution in [0.4, 0.5) is 5.69 Å². The summed E-state index contributed by atoms with van der Waals surface area (Å²) >= 11 is 0. The molecule has 1 aromatic heterocycles. The zero-order chi connectivity index (χ0) is 23.6. The van der Waals surface area contributed by atoms with Crippen LogP contribution in [0.2, 0.25) is 0 Å². The van der Waals surface area contributed by atoms with Gasteiger partial charge < -0.3 is 20.3 Å². The Labute approximate surface area is 195 Å². The Bertz CT molecular complexity index is 1180. The number of aliphatic hydroxyl groups is 1. The van der Waals surface area contributed by atoms with E-state index in [1.165, 1.54) is 35.4 Å². The van der Waals surface area contributed by atoms with Gasteiger partial charge in [0.1, 0.15) is 0 Å². The van der Waals surface area contributed by atoms with Crippen LogP contribution in [-0.2, 0) is 34.1 Å². The monoisotopic (exact) mass is 472 g/mol. The Morgan fingerprint density at radius 3 is 2.76 bits per heavy atom. The van der Waals surface area contributed by atoms with E-state index in [0.717, 1.165) is 44.3 Å². The molecule has 2 aromatic rings. The third-order valence-electron chi connectivity index (χ3n) is 6.25. The third kappa shape index (κ3) is 5.06. The number of aromatic nitrogens is 1. The van der Waals surface area contributed by atoms with Crippen LogP contribution < -0.4 is 10.0 Å². The normalized spacial score (nSPS) is 16.8. The molecular weight excluding hydrogens is 440 g/mol. The van der Waals surface area contributed by atoms with Gasteiger partial charge >= 0.3 is 0 Å². The van der Waals surface area contributed by atoms with Crippen LogP contribution in [0.15, 0.2) is 23.1 Å². The molecule has 0 saturated heterocycles. The number of H-pyrrole nitrogens is 1. The second kappa shape index (κ2) is 9.80. The molecule has 0 bridgehead atoms. The lowest BCUT2D eigenvalue weighted by atomic mass is 9.92. The summed E-state index contributed by atoms with van der Waals surface area (Å²) in [5.41, 5.74) is 6.48. The molecule has 2 aliphatic rings. The predicted octanol–water partition coefficient (Wildman–Crippen LogP) is 2.15. The number of hydrogen-bond acceptors (Lipinski definition) is 5. The number of aromatic amines is 1. The Morgan fingerprint density at radius 1 is 1.21 bits per heavy atom. The Kier molecular flexibility index (Phi) is 7.04. The average molecular weight is 473 g/mol. The molecule has 0 atom stereocenters. The number of benzene rings is 1. The molecule has 4 rings (SSSR count). The van der Waals surface area contributed by atoms with Crippen LogP contribution >= 0.6 is 0 Å². The molecule has 2 heterocycles. The maximum Gasteiger partial charge on any atom is 0.256 e. The molecule has 1 aromatic carbocycles. The van der Waals surface area contributed by atoms with E-state index in [1.54, 1.807) is 6.07 Å². The number of carbonyl (C=O) groups is 1.